The van der Waals surface area contributed by atoms with Crippen LogP contribution in [0.1, 0.15) is 45.1 Å². The Hall–Kier alpha value is -1.82. The summed E-state index contributed by atoms with van der Waals surface area (Å²) in [5.74, 6) is 2.21. The molecule has 1 aromatic rings. The first kappa shape index (κ1) is 17.0. The topological polar surface area (TPSA) is 54.9 Å². The second-order valence-corrected chi connectivity index (χ2v) is 6.92. The summed E-state index contributed by atoms with van der Waals surface area (Å²) in [6.45, 7) is 5.41. The van der Waals surface area contributed by atoms with Crippen LogP contribution >= 0.6 is 12.2 Å². The number of ether oxygens (including phenoxy) is 2. The molecule has 130 valence electrons. The van der Waals surface area contributed by atoms with E-state index in [4.69, 9.17) is 21.7 Å². The third-order valence-corrected chi connectivity index (χ3v) is 4.92. The maximum atomic E-state index is 5.61. The zero-order valence-electron chi connectivity index (χ0n) is 14.3. The molecule has 2 atom stereocenters. The number of hydrazone groups is 1. The molecule has 1 fully saturated rings. The molecule has 0 amide bonds. The van der Waals surface area contributed by atoms with E-state index in [2.05, 4.69) is 22.8 Å². The number of hydrogen-bond acceptors (Lipinski definition) is 4. The van der Waals surface area contributed by atoms with Crippen LogP contribution in [0.3, 0.4) is 0 Å². The molecule has 2 aliphatic rings. The lowest BCUT2D eigenvalue weighted by atomic mass is 9.86. The van der Waals surface area contributed by atoms with Crippen molar-refractivity contribution in [1.82, 2.24) is 10.7 Å². The first-order valence-corrected chi connectivity index (χ1v) is 9.05. The molecule has 1 aromatic carbocycles. The molecule has 1 aliphatic heterocycles. The molecule has 3 rings (SSSR count). The van der Waals surface area contributed by atoms with E-state index in [1.807, 2.05) is 25.1 Å². The highest BCUT2D eigenvalue weighted by molar-refractivity contribution is 7.80. The molecule has 0 unspecified atom stereocenters. The van der Waals surface area contributed by atoms with Crippen molar-refractivity contribution in [2.45, 2.75) is 45.6 Å². The molecule has 1 aliphatic carbocycles. The first-order chi connectivity index (χ1) is 11.6. The second kappa shape index (κ2) is 7.83. The summed E-state index contributed by atoms with van der Waals surface area (Å²) in [4.78, 5) is 0. The van der Waals surface area contributed by atoms with Gasteiger partial charge in [-0.15, -0.1) is 0 Å². The maximum Gasteiger partial charge on any atom is 0.187 e. The minimum absolute atomic E-state index is 0.448. The fraction of sp³-hybridized carbons (Fsp3) is 0.556. The van der Waals surface area contributed by atoms with Crippen molar-refractivity contribution in [1.29, 1.82) is 0 Å². The number of benzene rings is 1. The molecule has 0 spiro atoms. The normalized spacial score (nSPS) is 23.5. The SMILES string of the molecule is C/C(=N/NC(=S)N[C@H]1CCCC[C@@H]1C)c1ccc2c(c1)OCCO2. The summed E-state index contributed by atoms with van der Waals surface area (Å²) < 4.78 is 11.2. The highest BCUT2D eigenvalue weighted by Crippen LogP contribution is 2.30. The van der Waals surface area contributed by atoms with Crippen LogP contribution in [0, 0.1) is 5.92 Å². The molecule has 1 heterocycles. The molecule has 0 aromatic heterocycles. The number of rotatable bonds is 3. The number of nitrogens with zero attached hydrogens (tertiary/aromatic N) is 1. The van der Waals surface area contributed by atoms with E-state index in [0.717, 1.165) is 22.8 Å². The highest BCUT2D eigenvalue weighted by atomic mass is 32.1. The van der Waals surface area contributed by atoms with Gasteiger partial charge in [-0.1, -0.05) is 19.8 Å². The van der Waals surface area contributed by atoms with Gasteiger partial charge in [-0.05, 0) is 56.1 Å². The Bertz CT molecular complexity index is 633. The van der Waals surface area contributed by atoms with Gasteiger partial charge in [-0.2, -0.15) is 5.10 Å². The first-order valence-electron chi connectivity index (χ1n) is 8.64. The Morgan fingerprint density at radius 1 is 1.17 bits per heavy atom. The Kier molecular flexibility index (Phi) is 5.56. The zero-order chi connectivity index (χ0) is 16.9. The van der Waals surface area contributed by atoms with Crippen LogP contribution in [-0.2, 0) is 0 Å². The summed E-state index contributed by atoms with van der Waals surface area (Å²) in [6, 6.07) is 6.30. The van der Waals surface area contributed by atoms with Crippen molar-refractivity contribution in [2.75, 3.05) is 13.2 Å². The smallest absolute Gasteiger partial charge is 0.187 e. The molecule has 6 heteroatoms. The maximum absolute atomic E-state index is 5.61. The molecule has 24 heavy (non-hydrogen) atoms. The van der Waals surface area contributed by atoms with Gasteiger partial charge in [0.15, 0.2) is 16.6 Å². The minimum Gasteiger partial charge on any atom is -0.486 e. The van der Waals surface area contributed by atoms with Crippen molar-refractivity contribution in [3.63, 3.8) is 0 Å². The van der Waals surface area contributed by atoms with Crippen LogP contribution in [0.15, 0.2) is 23.3 Å². The third kappa shape index (κ3) is 4.17. The highest BCUT2D eigenvalue weighted by Gasteiger charge is 2.21. The molecule has 2 N–H and O–H groups in total. The van der Waals surface area contributed by atoms with Crippen molar-refractivity contribution in [2.24, 2.45) is 11.0 Å². The molecular weight excluding hydrogens is 322 g/mol. The fourth-order valence-electron chi connectivity index (χ4n) is 3.20. The third-order valence-electron chi connectivity index (χ3n) is 4.71. The largest absolute Gasteiger partial charge is 0.486 e. The summed E-state index contributed by atoms with van der Waals surface area (Å²) >= 11 is 5.38. The second-order valence-electron chi connectivity index (χ2n) is 6.51. The monoisotopic (exact) mass is 347 g/mol. The van der Waals surface area contributed by atoms with Crippen LogP contribution in [0.4, 0.5) is 0 Å². The Morgan fingerprint density at radius 2 is 1.92 bits per heavy atom. The molecule has 0 bridgehead atoms. The fourth-order valence-corrected chi connectivity index (χ4v) is 3.40. The predicted octanol–water partition coefficient (Wildman–Crippen LogP) is 3.22. The standard InChI is InChI=1S/C18H25N3O2S/c1-12-5-3-4-6-15(12)19-18(24)21-20-13(2)14-7-8-16-17(11-14)23-10-9-22-16/h7-8,11-12,15H,3-6,9-10H2,1-2H3,(H2,19,21,24)/b20-13-/t12-,15-/m0/s1. The van der Waals surface area contributed by atoms with E-state index >= 15 is 0 Å². The average molecular weight is 347 g/mol. The van der Waals surface area contributed by atoms with Crippen molar-refractivity contribution in [3.8, 4) is 11.5 Å². The van der Waals surface area contributed by atoms with Crippen LogP contribution in [0.25, 0.3) is 0 Å². The quantitative estimate of drug-likeness (QED) is 0.499. The average Bonchev–Trinajstić information content (AvgIpc) is 2.61. The van der Waals surface area contributed by atoms with Crippen molar-refractivity contribution >= 4 is 23.0 Å². The van der Waals surface area contributed by atoms with E-state index in [-0.39, 0.29) is 0 Å². The van der Waals surface area contributed by atoms with Crippen LogP contribution < -0.4 is 20.2 Å². The Balaban J connectivity index is 1.58. The summed E-state index contributed by atoms with van der Waals surface area (Å²) in [6.07, 6.45) is 5.03. The van der Waals surface area contributed by atoms with Gasteiger partial charge >= 0.3 is 0 Å². The number of fused-ring (bicyclic) bond motifs is 1. The summed E-state index contributed by atoms with van der Waals surface area (Å²) in [7, 11) is 0. The predicted molar refractivity (Wildman–Crippen MR) is 99.9 cm³/mol. The molecule has 1 saturated carbocycles. The van der Waals surface area contributed by atoms with Gasteiger partial charge in [-0.25, -0.2) is 0 Å². The van der Waals surface area contributed by atoms with E-state index < -0.39 is 0 Å². The lowest BCUT2D eigenvalue weighted by Gasteiger charge is -2.30. The summed E-state index contributed by atoms with van der Waals surface area (Å²) in [5, 5.41) is 8.38. The lowest BCUT2D eigenvalue weighted by molar-refractivity contribution is 0.171. The molecule has 0 saturated heterocycles. The van der Waals surface area contributed by atoms with Crippen molar-refractivity contribution in [3.05, 3.63) is 23.8 Å². The van der Waals surface area contributed by atoms with E-state index in [0.29, 0.717) is 30.3 Å². The van der Waals surface area contributed by atoms with Gasteiger partial charge in [0.2, 0.25) is 0 Å². The van der Waals surface area contributed by atoms with Crippen LogP contribution in [-0.4, -0.2) is 30.1 Å². The lowest BCUT2D eigenvalue weighted by Crippen LogP contribution is -2.44. The molecule has 0 radical (unpaired) electrons. The Morgan fingerprint density at radius 3 is 2.71 bits per heavy atom. The van der Waals surface area contributed by atoms with Crippen LogP contribution in [0.2, 0.25) is 0 Å². The van der Waals surface area contributed by atoms with Gasteiger partial charge < -0.3 is 14.8 Å². The van der Waals surface area contributed by atoms with Gasteiger partial charge in [0, 0.05) is 11.6 Å². The van der Waals surface area contributed by atoms with Crippen molar-refractivity contribution < 1.29 is 9.47 Å². The zero-order valence-corrected chi connectivity index (χ0v) is 15.1. The number of thiocarbonyl (C=S) groups is 1. The minimum atomic E-state index is 0.448. The van der Waals surface area contributed by atoms with Crippen LogP contribution in [0.5, 0.6) is 11.5 Å². The number of nitrogens with one attached hydrogen (secondary N) is 2. The molecule has 5 nitrogen and oxygen atoms in total. The van der Waals surface area contributed by atoms with E-state index in [9.17, 15) is 0 Å². The summed E-state index contributed by atoms with van der Waals surface area (Å²) in [5.41, 5.74) is 4.81. The van der Waals surface area contributed by atoms with Gasteiger partial charge in [0.05, 0.1) is 5.71 Å². The van der Waals surface area contributed by atoms with Gasteiger partial charge in [0.1, 0.15) is 13.2 Å². The van der Waals surface area contributed by atoms with Gasteiger partial charge in [-0.3, -0.25) is 5.43 Å². The number of hydrogen-bond donors (Lipinski definition) is 2. The molecular formula is C18H25N3O2S. The van der Waals surface area contributed by atoms with E-state index in [1.54, 1.807) is 0 Å². The Labute approximate surface area is 148 Å². The van der Waals surface area contributed by atoms with E-state index in [1.165, 1.54) is 25.7 Å². The van der Waals surface area contributed by atoms with Gasteiger partial charge in [0.25, 0.3) is 0 Å².